The molecule has 0 amide bonds. The standard InChI is InChI=1S/C58H50N4/c1-5-21-41(22-6-1)57(42-23-7-2-8-24-42)61-39-59(51-33-17-19-35-53(51)61)37-49-50(56-47-31-15-13-29-45(47)55(49)46-30-14-16-32-48(46)56)38-60-40-62(54-36-20-18-34-52(54)60)58(43-25-9-3-10-26-43)44-27-11-4-12-28-44/h1-36,49-50,55-58H,37-40H2. The lowest BCUT2D eigenvalue weighted by Gasteiger charge is -2.52. The Labute approximate surface area is 365 Å². The van der Waals surface area contributed by atoms with Gasteiger partial charge in [0, 0.05) is 24.9 Å². The molecule has 0 saturated heterocycles. The number of para-hydroxylation sites is 4. The molecule has 2 atom stereocenters. The Hall–Kier alpha value is -7.04. The van der Waals surface area contributed by atoms with Crippen molar-refractivity contribution < 1.29 is 0 Å². The third-order valence-electron chi connectivity index (χ3n) is 14.4. The molecule has 2 aliphatic heterocycles. The fourth-order valence-corrected chi connectivity index (χ4v) is 11.9. The number of nitrogens with zero attached hydrogens (tertiary/aromatic N) is 4. The molecule has 0 aromatic heterocycles. The van der Waals surface area contributed by atoms with Crippen LogP contribution in [0.3, 0.4) is 0 Å². The first-order chi connectivity index (χ1) is 30.8. The van der Waals surface area contributed by atoms with Gasteiger partial charge in [0.05, 0.1) is 48.2 Å². The van der Waals surface area contributed by atoms with E-state index >= 15 is 0 Å². The van der Waals surface area contributed by atoms with Crippen LogP contribution in [0.2, 0.25) is 0 Å². The van der Waals surface area contributed by atoms with E-state index in [1.54, 1.807) is 0 Å². The van der Waals surface area contributed by atoms with Gasteiger partial charge in [0.1, 0.15) is 0 Å². The van der Waals surface area contributed by atoms with Gasteiger partial charge in [-0.3, -0.25) is 0 Å². The smallest absolute Gasteiger partial charge is 0.0913 e. The molecule has 8 aromatic rings. The molecule has 62 heavy (non-hydrogen) atoms. The number of benzene rings is 8. The predicted octanol–water partition coefficient (Wildman–Crippen LogP) is 12.7. The third-order valence-corrected chi connectivity index (χ3v) is 14.4. The summed E-state index contributed by atoms with van der Waals surface area (Å²) in [6.45, 7) is 3.59. The van der Waals surface area contributed by atoms with E-state index in [-0.39, 0.29) is 12.1 Å². The third kappa shape index (κ3) is 6.11. The Balaban J connectivity index is 0.952. The molecule has 0 spiro atoms. The van der Waals surface area contributed by atoms with Gasteiger partial charge in [-0.05, 0) is 80.6 Å². The van der Waals surface area contributed by atoms with Crippen molar-refractivity contribution in [2.75, 3.05) is 46.0 Å². The van der Waals surface area contributed by atoms with Crippen LogP contribution in [0.1, 0.15) is 68.4 Å². The average Bonchev–Trinajstić information content (AvgIpc) is 3.88. The monoisotopic (exact) mass is 802 g/mol. The lowest BCUT2D eigenvalue weighted by molar-refractivity contribution is 0.235. The Morgan fingerprint density at radius 3 is 0.871 bits per heavy atom. The van der Waals surface area contributed by atoms with E-state index < -0.39 is 0 Å². The first-order valence-electron chi connectivity index (χ1n) is 22.4. The molecule has 5 aliphatic rings. The molecular formula is C58H50N4. The minimum absolute atomic E-state index is 0.0952. The van der Waals surface area contributed by atoms with Crippen molar-refractivity contribution in [3.63, 3.8) is 0 Å². The predicted molar refractivity (Wildman–Crippen MR) is 255 cm³/mol. The van der Waals surface area contributed by atoms with Crippen LogP contribution in [0.4, 0.5) is 22.7 Å². The summed E-state index contributed by atoms with van der Waals surface area (Å²) in [5.74, 6) is 1.36. The van der Waals surface area contributed by atoms with Gasteiger partial charge in [-0.1, -0.05) is 194 Å². The Morgan fingerprint density at radius 2 is 0.565 bits per heavy atom. The van der Waals surface area contributed by atoms with Crippen LogP contribution < -0.4 is 19.6 Å². The summed E-state index contributed by atoms with van der Waals surface area (Å²) in [4.78, 5) is 10.8. The van der Waals surface area contributed by atoms with Crippen LogP contribution >= 0.6 is 0 Å². The van der Waals surface area contributed by atoms with Crippen molar-refractivity contribution in [3.8, 4) is 0 Å². The molecule has 2 heterocycles. The van der Waals surface area contributed by atoms with Gasteiger partial charge in [0.2, 0.25) is 0 Å². The summed E-state index contributed by atoms with van der Waals surface area (Å²) in [7, 11) is 0. The number of hydrogen-bond donors (Lipinski definition) is 0. The van der Waals surface area contributed by atoms with Crippen LogP contribution in [0.5, 0.6) is 0 Å². The first-order valence-corrected chi connectivity index (χ1v) is 22.4. The second-order valence-electron chi connectivity index (χ2n) is 17.6. The summed E-state index contributed by atoms with van der Waals surface area (Å²) in [6.07, 6.45) is 0. The summed E-state index contributed by atoms with van der Waals surface area (Å²) in [6, 6.07) is 81.7. The molecule has 4 nitrogen and oxygen atoms in total. The van der Waals surface area contributed by atoms with Gasteiger partial charge < -0.3 is 19.6 Å². The van der Waals surface area contributed by atoms with Gasteiger partial charge in [-0.2, -0.15) is 0 Å². The largest absolute Gasteiger partial charge is 0.352 e. The maximum Gasteiger partial charge on any atom is 0.0913 e. The van der Waals surface area contributed by atoms with E-state index in [4.69, 9.17) is 0 Å². The van der Waals surface area contributed by atoms with Crippen molar-refractivity contribution in [2.24, 2.45) is 11.8 Å². The van der Waals surface area contributed by atoms with Gasteiger partial charge in [-0.15, -0.1) is 0 Å². The van der Waals surface area contributed by atoms with E-state index in [1.165, 1.54) is 67.3 Å². The number of fused-ring (bicyclic) bond motifs is 3. The topological polar surface area (TPSA) is 13.0 Å². The van der Waals surface area contributed by atoms with E-state index in [9.17, 15) is 0 Å². The second kappa shape index (κ2) is 15.5. The Morgan fingerprint density at radius 1 is 0.306 bits per heavy atom. The lowest BCUT2D eigenvalue weighted by atomic mass is 9.54. The zero-order valence-electron chi connectivity index (χ0n) is 34.9. The Kier molecular flexibility index (Phi) is 9.17. The number of rotatable bonds is 10. The van der Waals surface area contributed by atoms with Crippen LogP contribution in [-0.2, 0) is 0 Å². The van der Waals surface area contributed by atoms with E-state index in [0.717, 1.165) is 26.4 Å². The van der Waals surface area contributed by atoms with Crippen LogP contribution in [0.15, 0.2) is 218 Å². The zero-order chi connectivity index (χ0) is 41.0. The molecule has 8 aromatic carbocycles. The van der Waals surface area contributed by atoms with Gasteiger partial charge in [-0.25, -0.2) is 0 Å². The quantitative estimate of drug-likeness (QED) is 0.137. The molecule has 2 bridgehead atoms. The van der Waals surface area contributed by atoms with Crippen molar-refractivity contribution >= 4 is 22.7 Å². The normalized spacial score (nSPS) is 19.5. The van der Waals surface area contributed by atoms with E-state index in [1.807, 2.05) is 0 Å². The molecule has 0 saturated carbocycles. The van der Waals surface area contributed by atoms with Gasteiger partial charge in [0.25, 0.3) is 0 Å². The highest BCUT2D eigenvalue weighted by atomic mass is 15.4. The van der Waals surface area contributed by atoms with Crippen LogP contribution in [0.25, 0.3) is 0 Å². The fourth-order valence-electron chi connectivity index (χ4n) is 11.9. The first kappa shape index (κ1) is 36.8. The molecule has 4 heteroatoms. The molecule has 302 valence electrons. The second-order valence-corrected chi connectivity index (χ2v) is 17.6. The SMILES string of the molecule is c1ccc(C(c2ccccc2)N2CN(CC3C4c5ccccc5C(c5ccccc54)C3CN3CN(C(c4ccccc4)c4ccccc4)c4ccccc43)c3ccccc32)cc1. The molecule has 2 unspecified atom stereocenters. The lowest BCUT2D eigenvalue weighted by Crippen LogP contribution is -2.50. The highest BCUT2D eigenvalue weighted by Crippen LogP contribution is 2.60. The molecular weight excluding hydrogens is 753 g/mol. The average molecular weight is 803 g/mol. The fraction of sp³-hybridized carbons (Fsp3) is 0.172. The molecule has 13 rings (SSSR count). The van der Waals surface area contributed by atoms with E-state index in [2.05, 4.69) is 238 Å². The number of hydrogen-bond acceptors (Lipinski definition) is 4. The molecule has 0 radical (unpaired) electrons. The van der Waals surface area contributed by atoms with Gasteiger partial charge >= 0.3 is 0 Å². The van der Waals surface area contributed by atoms with Crippen LogP contribution in [0, 0.1) is 11.8 Å². The highest BCUT2D eigenvalue weighted by Gasteiger charge is 2.51. The van der Waals surface area contributed by atoms with Gasteiger partial charge in [0.15, 0.2) is 0 Å². The zero-order valence-corrected chi connectivity index (χ0v) is 34.9. The van der Waals surface area contributed by atoms with Crippen molar-refractivity contribution in [1.29, 1.82) is 0 Å². The van der Waals surface area contributed by atoms with Crippen molar-refractivity contribution in [2.45, 2.75) is 23.9 Å². The maximum atomic E-state index is 2.73. The minimum Gasteiger partial charge on any atom is -0.352 e. The minimum atomic E-state index is 0.0952. The maximum absolute atomic E-state index is 2.73. The van der Waals surface area contributed by atoms with E-state index in [0.29, 0.717) is 23.7 Å². The summed E-state index contributed by atoms with van der Waals surface area (Å²) in [5.41, 5.74) is 16.6. The molecule has 0 N–H and O–H groups in total. The summed E-state index contributed by atoms with van der Waals surface area (Å²) < 4.78 is 0. The van der Waals surface area contributed by atoms with Crippen molar-refractivity contribution in [1.82, 2.24) is 0 Å². The molecule has 3 aliphatic carbocycles. The van der Waals surface area contributed by atoms with Crippen LogP contribution in [-0.4, -0.2) is 26.4 Å². The highest BCUT2D eigenvalue weighted by molar-refractivity contribution is 5.79. The molecule has 0 fully saturated rings. The summed E-state index contributed by atoms with van der Waals surface area (Å²) in [5, 5.41) is 0. The Bertz CT molecular complexity index is 2510. The number of anilines is 4. The van der Waals surface area contributed by atoms with Crippen molar-refractivity contribution in [3.05, 3.63) is 263 Å². The summed E-state index contributed by atoms with van der Waals surface area (Å²) >= 11 is 0.